The average Bonchev–Trinajstić information content (AvgIpc) is 2.28. The third-order valence-corrected chi connectivity index (χ3v) is 3.96. The lowest BCUT2D eigenvalue weighted by Crippen LogP contribution is -2.34. The van der Waals surface area contributed by atoms with Crippen LogP contribution in [0.3, 0.4) is 0 Å². The molecule has 0 aromatic heterocycles. The molecule has 0 spiro atoms. The van der Waals surface area contributed by atoms with E-state index >= 15 is 0 Å². The number of hydrogen-bond acceptors (Lipinski definition) is 1. The molecule has 0 fully saturated rings. The summed E-state index contributed by atoms with van der Waals surface area (Å²) in [6.45, 7) is 6.28. The molecule has 0 heterocycles. The fourth-order valence-corrected chi connectivity index (χ4v) is 3.02. The summed E-state index contributed by atoms with van der Waals surface area (Å²) in [6, 6.07) is 8.20. The minimum Gasteiger partial charge on any atom is -0.478 e. The third-order valence-electron chi connectivity index (χ3n) is 3.96. The Balaban J connectivity index is 2.52. The summed E-state index contributed by atoms with van der Waals surface area (Å²) >= 11 is 0. The van der Waals surface area contributed by atoms with E-state index in [4.69, 9.17) is 0 Å². The topological polar surface area (TPSA) is 37.3 Å². The molecule has 0 amide bonds. The van der Waals surface area contributed by atoms with Crippen molar-refractivity contribution in [2.75, 3.05) is 0 Å². The molecule has 2 atom stereocenters. The van der Waals surface area contributed by atoms with Crippen molar-refractivity contribution in [3.8, 4) is 0 Å². The van der Waals surface area contributed by atoms with Gasteiger partial charge in [-0.3, -0.25) is 0 Å². The lowest BCUT2D eigenvalue weighted by molar-refractivity contribution is -0.133. The normalized spacial score (nSPS) is 27.7. The zero-order chi connectivity index (χ0) is 13.3. The van der Waals surface area contributed by atoms with E-state index in [1.54, 1.807) is 0 Å². The molecule has 2 rings (SSSR count). The fraction of sp³-hybridized carbons (Fsp3) is 0.438. The number of hydrogen-bond donors (Lipinski definition) is 1. The van der Waals surface area contributed by atoms with Crippen LogP contribution >= 0.6 is 0 Å². The quantitative estimate of drug-likeness (QED) is 0.861. The number of allylic oxidation sites excluding steroid dienone is 1. The Kier molecular flexibility index (Phi) is 3.29. The van der Waals surface area contributed by atoms with E-state index in [1.165, 1.54) is 5.56 Å². The largest absolute Gasteiger partial charge is 0.478 e. The van der Waals surface area contributed by atoms with Gasteiger partial charge >= 0.3 is 5.97 Å². The maximum absolute atomic E-state index is 11.5. The second-order valence-corrected chi connectivity index (χ2v) is 5.67. The number of aryl methyl sites for hydroxylation is 1. The first-order valence-corrected chi connectivity index (χ1v) is 6.44. The van der Waals surface area contributed by atoms with E-state index in [1.807, 2.05) is 31.2 Å². The molecular formula is C16H20O2. The molecule has 2 heteroatoms. The van der Waals surface area contributed by atoms with Crippen LogP contribution in [0.1, 0.15) is 37.8 Å². The third kappa shape index (κ3) is 2.20. The van der Waals surface area contributed by atoms with E-state index in [2.05, 4.69) is 19.9 Å². The van der Waals surface area contributed by atoms with E-state index < -0.39 is 5.97 Å². The SMILES string of the molecule is Cc1cccc([C@]2(C)C[C@@H](C)CC=C2C(=O)O)c1. The average molecular weight is 244 g/mol. The number of carboxylic acid groups (broad SMARTS) is 1. The fourth-order valence-electron chi connectivity index (χ4n) is 3.02. The summed E-state index contributed by atoms with van der Waals surface area (Å²) in [5, 5.41) is 9.42. The number of aliphatic carboxylic acids is 1. The molecule has 0 saturated carbocycles. The van der Waals surface area contributed by atoms with E-state index in [0.717, 1.165) is 18.4 Å². The molecule has 2 nitrogen and oxygen atoms in total. The molecule has 0 radical (unpaired) electrons. The Morgan fingerprint density at radius 3 is 2.78 bits per heavy atom. The van der Waals surface area contributed by atoms with Crippen LogP contribution in [-0.4, -0.2) is 11.1 Å². The highest BCUT2D eigenvalue weighted by Crippen LogP contribution is 2.42. The van der Waals surface area contributed by atoms with Crippen LogP contribution in [0.25, 0.3) is 0 Å². The summed E-state index contributed by atoms with van der Waals surface area (Å²) in [5.74, 6) is -0.260. The van der Waals surface area contributed by atoms with E-state index in [0.29, 0.717) is 11.5 Å². The van der Waals surface area contributed by atoms with Crippen molar-refractivity contribution in [2.45, 2.75) is 39.0 Å². The first-order valence-electron chi connectivity index (χ1n) is 6.44. The zero-order valence-electron chi connectivity index (χ0n) is 11.2. The van der Waals surface area contributed by atoms with Gasteiger partial charge in [-0.15, -0.1) is 0 Å². The van der Waals surface area contributed by atoms with E-state index in [9.17, 15) is 9.90 Å². The van der Waals surface area contributed by atoms with Crippen LogP contribution in [0.5, 0.6) is 0 Å². The Morgan fingerprint density at radius 2 is 2.17 bits per heavy atom. The zero-order valence-corrected chi connectivity index (χ0v) is 11.2. The number of carbonyl (C=O) groups is 1. The second-order valence-electron chi connectivity index (χ2n) is 5.67. The molecule has 1 aliphatic rings. The van der Waals surface area contributed by atoms with Crippen molar-refractivity contribution in [3.63, 3.8) is 0 Å². The summed E-state index contributed by atoms with van der Waals surface area (Å²) in [6.07, 6.45) is 3.66. The molecule has 1 aliphatic carbocycles. The van der Waals surface area contributed by atoms with Gasteiger partial charge in [0.15, 0.2) is 0 Å². The van der Waals surface area contributed by atoms with Crippen LogP contribution in [0, 0.1) is 12.8 Å². The van der Waals surface area contributed by atoms with Gasteiger partial charge in [0, 0.05) is 11.0 Å². The first-order chi connectivity index (χ1) is 8.43. The van der Waals surface area contributed by atoms with Gasteiger partial charge in [0.2, 0.25) is 0 Å². The van der Waals surface area contributed by atoms with Gasteiger partial charge in [0.1, 0.15) is 0 Å². The van der Waals surface area contributed by atoms with Crippen molar-refractivity contribution < 1.29 is 9.90 Å². The van der Waals surface area contributed by atoms with Gasteiger partial charge in [0.25, 0.3) is 0 Å². The van der Waals surface area contributed by atoms with Gasteiger partial charge in [-0.1, -0.05) is 49.8 Å². The molecule has 0 saturated heterocycles. The van der Waals surface area contributed by atoms with Gasteiger partial charge < -0.3 is 5.11 Å². The van der Waals surface area contributed by atoms with Crippen LogP contribution < -0.4 is 0 Å². The molecule has 96 valence electrons. The van der Waals surface area contributed by atoms with Crippen molar-refractivity contribution in [2.24, 2.45) is 5.92 Å². The Morgan fingerprint density at radius 1 is 1.44 bits per heavy atom. The molecule has 1 N–H and O–H groups in total. The van der Waals surface area contributed by atoms with Crippen LogP contribution in [0.2, 0.25) is 0 Å². The van der Waals surface area contributed by atoms with E-state index in [-0.39, 0.29) is 5.41 Å². The summed E-state index contributed by atoms with van der Waals surface area (Å²) in [7, 11) is 0. The monoisotopic (exact) mass is 244 g/mol. The lowest BCUT2D eigenvalue weighted by Gasteiger charge is -2.37. The second kappa shape index (κ2) is 4.60. The highest BCUT2D eigenvalue weighted by atomic mass is 16.4. The summed E-state index contributed by atoms with van der Waals surface area (Å²) in [5.41, 5.74) is 2.47. The molecule has 0 bridgehead atoms. The Labute approximate surface area is 108 Å². The van der Waals surface area contributed by atoms with Crippen LogP contribution in [-0.2, 0) is 10.2 Å². The molecule has 1 aromatic carbocycles. The highest BCUT2D eigenvalue weighted by molar-refractivity contribution is 5.90. The smallest absolute Gasteiger partial charge is 0.332 e. The van der Waals surface area contributed by atoms with Crippen molar-refractivity contribution in [1.82, 2.24) is 0 Å². The molecule has 1 aromatic rings. The standard InChI is InChI=1S/C16H20O2/c1-11-5-4-6-13(9-11)16(3)10-12(2)7-8-14(16)15(17)18/h4-6,8-9,12H,7,10H2,1-3H3,(H,17,18)/t12-,16-/m0/s1. The summed E-state index contributed by atoms with van der Waals surface area (Å²) < 4.78 is 0. The summed E-state index contributed by atoms with van der Waals surface area (Å²) in [4.78, 5) is 11.5. The number of benzene rings is 1. The van der Waals surface area contributed by atoms with Gasteiger partial charge in [-0.2, -0.15) is 0 Å². The minimum atomic E-state index is -0.786. The lowest BCUT2D eigenvalue weighted by atomic mass is 9.66. The van der Waals surface area contributed by atoms with Crippen molar-refractivity contribution in [3.05, 3.63) is 47.0 Å². The van der Waals surface area contributed by atoms with Crippen LogP contribution in [0.15, 0.2) is 35.9 Å². The molecule has 0 unspecified atom stereocenters. The van der Waals surface area contributed by atoms with Crippen LogP contribution in [0.4, 0.5) is 0 Å². The maximum Gasteiger partial charge on any atom is 0.332 e. The first kappa shape index (κ1) is 12.9. The number of carboxylic acids is 1. The molecule has 0 aliphatic heterocycles. The van der Waals surface area contributed by atoms with Gasteiger partial charge in [-0.25, -0.2) is 4.79 Å². The minimum absolute atomic E-state index is 0.366. The van der Waals surface area contributed by atoms with Gasteiger partial charge in [0.05, 0.1) is 0 Å². The van der Waals surface area contributed by atoms with Gasteiger partial charge in [-0.05, 0) is 31.2 Å². The Hall–Kier alpha value is -1.57. The molecule has 18 heavy (non-hydrogen) atoms. The highest BCUT2D eigenvalue weighted by Gasteiger charge is 2.38. The maximum atomic E-state index is 11.5. The predicted molar refractivity (Wildman–Crippen MR) is 72.6 cm³/mol. The Bertz CT molecular complexity index is 502. The number of rotatable bonds is 2. The van der Waals surface area contributed by atoms with Crippen molar-refractivity contribution in [1.29, 1.82) is 0 Å². The van der Waals surface area contributed by atoms with Crippen molar-refractivity contribution >= 4 is 5.97 Å². The predicted octanol–water partition coefficient (Wildman–Crippen LogP) is 3.69. The molecular weight excluding hydrogens is 224 g/mol.